The van der Waals surface area contributed by atoms with Crippen molar-refractivity contribution in [3.8, 4) is 5.75 Å². The Morgan fingerprint density at radius 1 is 1.07 bits per heavy atom. The third-order valence-electron chi connectivity index (χ3n) is 3.87. The van der Waals surface area contributed by atoms with Gasteiger partial charge in [0.05, 0.1) is 11.3 Å². The molecule has 27 heavy (non-hydrogen) atoms. The van der Waals surface area contributed by atoms with Gasteiger partial charge in [0.25, 0.3) is 5.91 Å². The molecule has 0 bridgehead atoms. The lowest BCUT2D eigenvalue weighted by Crippen LogP contribution is -2.26. The third-order valence-corrected chi connectivity index (χ3v) is 3.87. The van der Waals surface area contributed by atoms with Crippen LogP contribution in [0.3, 0.4) is 0 Å². The molecule has 3 rings (SSSR count). The van der Waals surface area contributed by atoms with E-state index in [1.165, 1.54) is 24.3 Å². The highest BCUT2D eigenvalue weighted by atomic mass is 19.3. The molecule has 5 nitrogen and oxygen atoms in total. The summed E-state index contributed by atoms with van der Waals surface area (Å²) in [6.07, 6.45) is 4.79. The minimum absolute atomic E-state index is 0.0437. The Hall–Kier alpha value is -3.22. The van der Waals surface area contributed by atoms with Crippen LogP contribution in [0.4, 0.5) is 14.5 Å². The van der Waals surface area contributed by atoms with Crippen molar-refractivity contribution in [2.24, 2.45) is 0 Å². The Morgan fingerprint density at radius 2 is 1.78 bits per heavy atom. The van der Waals surface area contributed by atoms with Gasteiger partial charge in [0.1, 0.15) is 5.75 Å². The zero-order valence-corrected chi connectivity index (χ0v) is 14.3. The second-order valence-electron chi connectivity index (χ2n) is 6.06. The molecule has 0 atom stereocenters. The molecule has 1 aliphatic rings. The van der Waals surface area contributed by atoms with Crippen LogP contribution in [0.15, 0.2) is 54.6 Å². The Balaban J connectivity index is 1.62. The molecule has 0 spiro atoms. The van der Waals surface area contributed by atoms with Crippen LogP contribution >= 0.6 is 0 Å². The molecule has 1 saturated carbocycles. The lowest BCUT2D eigenvalue weighted by molar-refractivity contribution is -0.111. The van der Waals surface area contributed by atoms with Crippen LogP contribution in [0.25, 0.3) is 6.08 Å². The Labute approximate surface area is 155 Å². The standard InChI is InChI=1S/C20H18F2N2O3/c21-20(22)27-15-10-5-13(6-11-15)7-12-18(25)24-17-4-2-1-3-16(17)19(26)23-14-8-9-14/h1-7,10-12,14,20H,8-9H2,(H,23,26)(H,24,25). The number of para-hydroxylation sites is 1. The fourth-order valence-corrected chi connectivity index (χ4v) is 2.39. The normalized spacial score (nSPS) is 13.6. The first-order chi connectivity index (χ1) is 13.0. The predicted molar refractivity (Wildman–Crippen MR) is 97.7 cm³/mol. The molecule has 140 valence electrons. The minimum Gasteiger partial charge on any atom is -0.435 e. The number of amides is 2. The fourth-order valence-electron chi connectivity index (χ4n) is 2.39. The summed E-state index contributed by atoms with van der Waals surface area (Å²) < 4.78 is 28.5. The molecule has 0 heterocycles. The first-order valence-corrected chi connectivity index (χ1v) is 8.45. The molecule has 0 aromatic heterocycles. The van der Waals surface area contributed by atoms with Crippen LogP contribution in [0, 0.1) is 0 Å². The van der Waals surface area contributed by atoms with Gasteiger partial charge in [-0.15, -0.1) is 0 Å². The number of anilines is 1. The average Bonchev–Trinajstić information content (AvgIpc) is 3.45. The molecule has 2 aromatic rings. The zero-order chi connectivity index (χ0) is 19.2. The molecule has 1 fully saturated rings. The number of carbonyl (C=O) groups excluding carboxylic acids is 2. The SMILES string of the molecule is O=C(C=Cc1ccc(OC(F)F)cc1)Nc1ccccc1C(=O)NC1CC1. The summed E-state index contributed by atoms with van der Waals surface area (Å²) in [5, 5.41) is 5.57. The van der Waals surface area contributed by atoms with Crippen molar-refractivity contribution in [3.63, 3.8) is 0 Å². The van der Waals surface area contributed by atoms with E-state index in [1.54, 1.807) is 36.4 Å². The monoisotopic (exact) mass is 372 g/mol. The maximum atomic E-state index is 12.2. The number of alkyl halides is 2. The summed E-state index contributed by atoms with van der Waals surface area (Å²) in [5.41, 5.74) is 1.47. The van der Waals surface area contributed by atoms with Crippen molar-refractivity contribution in [2.45, 2.75) is 25.5 Å². The second-order valence-corrected chi connectivity index (χ2v) is 6.06. The Kier molecular flexibility index (Phi) is 5.80. The molecule has 0 saturated heterocycles. The van der Waals surface area contributed by atoms with Gasteiger partial charge in [-0.2, -0.15) is 8.78 Å². The van der Waals surface area contributed by atoms with E-state index in [1.807, 2.05) is 0 Å². The van der Waals surface area contributed by atoms with E-state index in [0.29, 0.717) is 16.8 Å². The molecule has 2 amide bonds. The van der Waals surface area contributed by atoms with Gasteiger partial charge < -0.3 is 15.4 Å². The number of hydrogen-bond donors (Lipinski definition) is 2. The molecule has 7 heteroatoms. The Bertz CT molecular complexity index is 847. The summed E-state index contributed by atoms with van der Waals surface area (Å²) in [7, 11) is 0. The van der Waals surface area contributed by atoms with E-state index in [4.69, 9.17) is 0 Å². The van der Waals surface area contributed by atoms with E-state index in [2.05, 4.69) is 15.4 Å². The van der Waals surface area contributed by atoms with E-state index in [9.17, 15) is 18.4 Å². The van der Waals surface area contributed by atoms with E-state index in [-0.39, 0.29) is 17.7 Å². The van der Waals surface area contributed by atoms with Gasteiger partial charge in [-0.25, -0.2) is 0 Å². The van der Waals surface area contributed by atoms with Crippen LogP contribution in [0.5, 0.6) is 5.75 Å². The van der Waals surface area contributed by atoms with Gasteiger partial charge in [-0.3, -0.25) is 9.59 Å². The molecule has 1 aliphatic carbocycles. The fraction of sp³-hybridized carbons (Fsp3) is 0.200. The van der Waals surface area contributed by atoms with E-state index in [0.717, 1.165) is 12.8 Å². The molecule has 2 aromatic carbocycles. The summed E-state index contributed by atoms with van der Waals surface area (Å²) in [5.74, 6) is -0.580. The quantitative estimate of drug-likeness (QED) is 0.726. The van der Waals surface area contributed by atoms with Gasteiger partial charge in [-0.05, 0) is 48.7 Å². The molecule has 2 N–H and O–H groups in total. The first-order valence-electron chi connectivity index (χ1n) is 8.45. The van der Waals surface area contributed by atoms with Gasteiger partial charge >= 0.3 is 6.61 Å². The zero-order valence-electron chi connectivity index (χ0n) is 14.3. The summed E-state index contributed by atoms with van der Waals surface area (Å²) in [4.78, 5) is 24.4. The van der Waals surface area contributed by atoms with Crippen molar-refractivity contribution >= 4 is 23.6 Å². The van der Waals surface area contributed by atoms with Gasteiger partial charge in [0, 0.05) is 12.1 Å². The maximum Gasteiger partial charge on any atom is 0.387 e. The van der Waals surface area contributed by atoms with E-state index < -0.39 is 12.5 Å². The number of nitrogens with one attached hydrogen (secondary N) is 2. The largest absolute Gasteiger partial charge is 0.435 e. The van der Waals surface area contributed by atoms with Crippen molar-refractivity contribution < 1.29 is 23.1 Å². The minimum atomic E-state index is -2.88. The van der Waals surface area contributed by atoms with Crippen LogP contribution in [0.1, 0.15) is 28.8 Å². The van der Waals surface area contributed by atoms with Crippen molar-refractivity contribution in [2.75, 3.05) is 5.32 Å². The van der Waals surface area contributed by atoms with Crippen molar-refractivity contribution in [1.82, 2.24) is 5.32 Å². The first kappa shape index (κ1) is 18.6. The van der Waals surface area contributed by atoms with Gasteiger partial charge in [-0.1, -0.05) is 24.3 Å². The summed E-state index contributed by atoms with van der Waals surface area (Å²) >= 11 is 0. The number of carbonyl (C=O) groups is 2. The lowest BCUT2D eigenvalue weighted by atomic mass is 10.1. The number of hydrogen-bond acceptors (Lipinski definition) is 3. The summed E-state index contributed by atoms with van der Waals surface area (Å²) in [6, 6.07) is 12.9. The average molecular weight is 372 g/mol. The van der Waals surface area contributed by atoms with Crippen LogP contribution in [-0.2, 0) is 4.79 Å². The maximum absolute atomic E-state index is 12.2. The number of benzene rings is 2. The molecular weight excluding hydrogens is 354 g/mol. The lowest BCUT2D eigenvalue weighted by Gasteiger charge is -2.10. The van der Waals surface area contributed by atoms with Crippen LogP contribution < -0.4 is 15.4 Å². The number of halogens is 2. The highest BCUT2D eigenvalue weighted by molar-refractivity contribution is 6.07. The smallest absolute Gasteiger partial charge is 0.387 e. The molecule has 0 radical (unpaired) electrons. The number of ether oxygens (including phenoxy) is 1. The van der Waals surface area contributed by atoms with Crippen molar-refractivity contribution in [1.29, 1.82) is 0 Å². The highest BCUT2D eigenvalue weighted by Crippen LogP contribution is 2.21. The van der Waals surface area contributed by atoms with Gasteiger partial charge in [0.15, 0.2) is 0 Å². The van der Waals surface area contributed by atoms with Crippen molar-refractivity contribution in [3.05, 3.63) is 65.7 Å². The molecule has 0 unspecified atom stereocenters. The Morgan fingerprint density at radius 3 is 2.44 bits per heavy atom. The highest BCUT2D eigenvalue weighted by Gasteiger charge is 2.24. The molecule has 0 aliphatic heterocycles. The van der Waals surface area contributed by atoms with Gasteiger partial charge in [0.2, 0.25) is 5.91 Å². The third kappa shape index (κ3) is 5.64. The molecular formula is C20H18F2N2O3. The predicted octanol–water partition coefficient (Wildman–Crippen LogP) is 3.83. The van der Waals surface area contributed by atoms with E-state index >= 15 is 0 Å². The van der Waals surface area contributed by atoms with Crippen LogP contribution in [0.2, 0.25) is 0 Å². The number of rotatable bonds is 7. The second kappa shape index (κ2) is 8.44. The topological polar surface area (TPSA) is 67.4 Å². The van der Waals surface area contributed by atoms with Crippen LogP contribution in [-0.4, -0.2) is 24.5 Å². The summed E-state index contributed by atoms with van der Waals surface area (Å²) in [6.45, 7) is -2.88.